The Bertz CT molecular complexity index is 1140. The summed E-state index contributed by atoms with van der Waals surface area (Å²) in [5, 5.41) is 6.91. The number of ether oxygens (including phenoxy) is 1. The van der Waals surface area contributed by atoms with Crippen LogP contribution in [0.5, 0.6) is 0 Å². The van der Waals surface area contributed by atoms with Crippen molar-refractivity contribution in [3.63, 3.8) is 0 Å². The van der Waals surface area contributed by atoms with Crippen LogP contribution in [0.3, 0.4) is 0 Å². The number of esters is 1. The molecule has 2 aromatic rings. The van der Waals surface area contributed by atoms with Gasteiger partial charge >= 0.3 is 5.97 Å². The fourth-order valence-corrected chi connectivity index (χ4v) is 5.30. The number of nitrogens with zero attached hydrogens (tertiary/aromatic N) is 3. The average molecular weight is 483 g/mol. The first-order chi connectivity index (χ1) is 15.0. The van der Waals surface area contributed by atoms with Crippen LogP contribution in [0.25, 0.3) is 0 Å². The molecule has 1 fully saturated rings. The zero-order valence-corrected chi connectivity index (χ0v) is 20.1. The number of aromatic nitrogens is 2. The van der Waals surface area contributed by atoms with Gasteiger partial charge in [0.25, 0.3) is 5.91 Å². The van der Waals surface area contributed by atoms with Crippen LogP contribution in [0.1, 0.15) is 47.9 Å². The van der Waals surface area contributed by atoms with Crippen molar-refractivity contribution in [1.82, 2.24) is 14.1 Å². The molecular formula is C21H27ClN4O5S. The Kier molecular flexibility index (Phi) is 7.26. The number of amides is 1. The Labute approximate surface area is 192 Å². The second kappa shape index (κ2) is 9.60. The largest absolute Gasteiger partial charge is 0.449 e. The molecule has 0 bridgehead atoms. The van der Waals surface area contributed by atoms with Crippen molar-refractivity contribution in [3.05, 3.63) is 40.2 Å². The van der Waals surface area contributed by atoms with E-state index in [1.165, 1.54) is 29.4 Å². The monoisotopic (exact) mass is 482 g/mol. The first-order valence-electron chi connectivity index (χ1n) is 10.3. The van der Waals surface area contributed by atoms with E-state index in [1.807, 2.05) is 0 Å². The lowest BCUT2D eigenvalue weighted by atomic mass is 10.2. The lowest BCUT2D eigenvalue weighted by molar-refractivity contribution is -0.123. The van der Waals surface area contributed by atoms with E-state index in [0.717, 1.165) is 19.3 Å². The maximum atomic E-state index is 12.9. The number of rotatable bonds is 6. The normalized spacial score (nSPS) is 15.9. The van der Waals surface area contributed by atoms with E-state index in [2.05, 4.69) is 10.4 Å². The minimum absolute atomic E-state index is 0.0466. The molecule has 1 aromatic heterocycles. The van der Waals surface area contributed by atoms with E-state index < -0.39 is 28.0 Å². The summed E-state index contributed by atoms with van der Waals surface area (Å²) in [7, 11) is -1.98. The number of nitrogens with one attached hydrogen (secondary N) is 1. The maximum absolute atomic E-state index is 12.9. The summed E-state index contributed by atoms with van der Waals surface area (Å²) in [5.74, 6) is -1.30. The van der Waals surface area contributed by atoms with Crippen molar-refractivity contribution in [2.45, 2.75) is 51.0 Å². The number of carbonyl (C=O) groups excluding carboxylic acids is 2. The molecule has 9 nitrogen and oxygen atoms in total. The van der Waals surface area contributed by atoms with E-state index in [-0.39, 0.29) is 15.6 Å². The molecule has 0 aliphatic carbocycles. The second-order valence-electron chi connectivity index (χ2n) is 7.81. The second-order valence-corrected chi connectivity index (χ2v) is 10.2. The summed E-state index contributed by atoms with van der Waals surface area (Å²) in [6.07, 6.45) is 1.49. The summed E-state index contributed by atoms with van der Waals surface area (Å²) in [5.41, 5.74) is 1.56. The van der Waals surface area contributed by atoms with Gasteiger partial charge in [-0.15, -0.1) is 0 Å². The van der Waals surface area contributed by atoms with E-state index >= 15 is 0 Å². The molecule has 1 unspecified atom stereocenters. The number of benzene rings is 1. The van der Waals surface area contributed by atoms with Gasteiger partial charge in [0.2, 0.25) is 10.0 Å². The van der Waals surface area contributed by atoms with Gasteiger partial charge in [-0.25, -0.2) is 13.2 Å². The highest BCUT2D eigenvalue weighted by Gasteiger charge is 2.28. The summed E-state index contributed by atoms with van der Waals surface area (Å²) in [4.78, 5) is 25.2. The molecule has 174 valence electrons. The summed E-state index contributed by atoms with van der Waals surface area (Å²) >= 11 is 6.18. The smallest absolute Gasteiger partial charge is 0.342 e. The molecule has 1 aliphatic heterocycles. The highest BCUT2D eigenvalue weighted by atomic mass is 35.5. The number of aryl methyl sites for hydroxylation is 2. The predicted molar refractivity (Wildman–Crippen MR) is 120 cm³/mol. The van der Waals surface area contributed by atoms with Gasteiger partial charge in [0.15, 0.2) is 6.10 Å². The Morgan fingerprint density at radius 2 is 1.84 bits per heavy atom. The van der Waals surface area contributed by atoms with Crippen LogP contribution < -0.4 is 5.32 Å². The third kappa shape index (κ3) is 4.97. The van der Waals surface area contributed by atoms with Crippen molar-refractivity contribution in [1.29, 1.82) is 0 Å². The summed E-state index contributed by atoms with van der Waals surface area (Å²) in [6.45, 7) is 5.77. The predicted octanol–water partition coefficient (Wildman–Crippen LogP) is 3.05. The van der Waals surface area contributed by atoms with Gasteiger partial charge in [0.05, 0.1) is 21.3 Å². The molecule has 1 aromatic carbocycles. The maximum Gasteiger partial charge on any atom is 0.342 e. The van der Waals surface area contributed by atoms with Gasteiger partial charge in [-0.1, -0.05) is 18.0 Å². The van der Waals surface area contributed by atoms with E-state index in [9.17, 15) is 18.0 Å². The molecule has 3 rings (SSSR count). The van der Waals surface area contributed by atoms with Gasteiger partial charge in [0, 0.05) is 25.8 Å². The number of piperidine rings is 1. The topological polar surface area (TPSA) is 111 Å². The van der Waals surface area contributed by atoms with Crippen LogP contribution in [-0.2, 0) is 26.6 Å². The van der Waals surface area contributed by atoms with Gasteiger partial charge in [-0.3, -0.25) is 9.48 Å². The van der Waals surface area contributed by atoms with Crippen molar-refractivity contribution >= 4 is 39.2 Å². The van der Waals surface area contributed by atoms with Crippen molar-refractivity contribution in [2.75, 3.05) is 18.4 Å². The fourth-order valence-electron chi connectivity index (χ4n) is 3.59. The SMILES string of the molecule is Cc1nn(C)c(C)c1C(=O)OC(C)C(=O)Nc1cc(S(=O)(=O)N2CCCCC2)ccc1Cl. The third-order valence-corrected chi connectivity index (χ3v) is 7.74. The zero-order chi connectivity index (χ0) is 23.6. The quantitative estimate of drug-likeness (QED) is 0.633. The van der Waals surface area contributed by atoms with E-state index in [4.69, 9.17) is 16.3 Å². The molecular weight excluding hydrogens is 456 g/mol. The number of anilines is 1. The van der Waals surface area contributed by atoms with Crippen molar-refractivity contribution in [2.24, 2.45) is 7.05 Å². The van der Waals surface area contributed by atoms with Gasteiger partial charge in [0.1, 0.15) is 5.56 Å². The number of hydrogen-bond acceptors (Lipinski definition) is 6. The molecule has 1 atom stereocenters. The van der Waals surface area contributed by atoms with Crippen LogP contribution in [-0.4, -0.2) is 53.6 Å². The Morgan fingerprint density at radius 3 is 2.44 bits per heavy atom. The van der Waals surface area contributed by atoms with Gasteiger partial charge in [-0.05, 0) is 51.8 Å². The first-order valence-corrected chi connectivity index (χ1v) is 12.2. The molecule has 32 heavy (non-hydrogen) atoms. The molecule has 1 saturated heterocycles. The Balaban J connectivity index is 1.74. The molecule has 0 saturated carbocycles. The van der Waals surface area contributed by atoms with E-state index in [0.29, 0.717) is 30.0 Å². The third-order valence-electron chi connectivity index (χ3n) is 5.51. The van der Waals surface area contributed by atoms with Crippen LogP contribution in [0.2, 0.25) is 5.02 Å². The van der Waals surface area contributed by atoms with Crippen LogP contribution in [0.4, 0.5) is 5.69 Å². The Morgan fingerprint density at radius 1 is 1.19 bits per heavy atom. The lowest BCUT2D eigenvalue weighted by Gasteiger charge is -2.26. The van der Waals surface area contributed by atoms with Gasteiger partial charge < -0.3 is 10.1 Å². The van der Waals surface area contributed by atoms with E-state index in [1.54, 1.807) is 25.6 Å². The summed E-state index contributed by atoms with van der Waals surface area (Å²) < 4.78 is 34.2. The van der Waals surface area contributed by atoms with Crippen LogP contribution >= 0.6 is 11.6 Å². The molecule has 0 spiro atoms. The number of hydrogen-bond donors (Lipinski definition) is 1. The van der Waals surface area contributed by atoms with Crippen molar-refractivity contribution in [3.8, 4) is 0 Å². The number of sulfonamides is 1. The van der Waals surface area contributed by atoms with Crippen LogP contribution in [0.15, 0.2) is 23.1 Å². The molecule has 0 radical (unpaired) electrons. The standard InChI is InChI=1S/C21H27ClN4O5S/c1-13-19(14(2)25(4)24-13)21(28)31-15(3)20(27)23-18-12-16(8-9-17(18)22)32(29,30)26-10-6-5-7-11-26/h8-9,12,15H,5-7,10-11H2,1-4H3,(H,23,27). The zero-order valence-electron chi connectivity index (χ0n) is 18.5. The number of carbonyl (C=O) groups is 2. The molecule has 11 heteroatoms. The highest BCUT2D eigenvalue weighted by molar-refractivity contribution is 7.89. The highest BCUT2D eigenvalue weighted by Crippen LogP contribution is 2.28. The average Bonchev–Trinajstić information content (AvgIpc) is 3.01. The Hall–Kier alpha value is -2.43. The molecule has 1 N–H and O–H groups in total. The fraction of sp³-hybridized carbons (Fsp3) is 0.476. The van der Waals surface area contributed by atoms with Crippen LogP contribution in [0, 0.1) is 13.8 Å². The van der Waals surface area contributed by atoms with Crippen molar-refractivity contribution < 1.29 is 22.7 Å². The molecule has 1 aliphatic rings. The van der Waals surface area contributed by atoms with Gasteiger partial charge in [-0.2, -0.15) is 9.40 Å². The molecule has 1 amide bonds. The number of halogens is 1. The summed E-state index contributed by atoms with van der Waals surface area (Å²) in [6, 6.07) is 4.17. The molecule has 2 heterocycles. The minimum atomic E-state index is -3.69. The first kappa shape index (κ1) is 24.2. The minimum Gasteiger partial charge on any atom is -0.449 e. The lowest BCUT2D eigenvalue weighted by Crippen LogP contribution is -2.35.